The van der Waals surface area contributed by atoms with Crippen molar-refractivity contribution in [2.45, 2.75) is 6.42 Å². The number of carbonyl (C=O) groups is 1. The minimum absolute atomic E-state index is 0.0881. The Morgan fingerprint density at radius 2 is 2.27 bits per heavy atom. The maximum absolute atomic E-state index is 11.6. The summed E-state index contributed by atoms with van der Waals surface area (Å²) in [6.07, 6.45) is 2.26. The number of Topliss-reactive ketones (excluding diaryl/α,β-unsaturated/α-hetero) is 1. The van der Waals surface area contributed by atoms with E-state index in [0.717, 1.165) is 15.4 Å². The molecule has 0 atom stereocenters. The molecule has 78 valence electrons. The van der Waals surface area contributed by atoms with Crippen molar-refractivity contribution < 1.29 is 4.79 Å². The standard InChI is InChI=1S/C11H11BrN2O/c12-9-6-14-10-5-7(1-2-8(9)10)11(15)3-4-13/h1-2,5-6,14H,3-4,13H2. The van der Waals surface area contributed by atoms with Crippen molar-refractivity contribution >= 4 is 32.6 Å². The second-order valence-corrected chi connectivity index (χ2v) is 4.21. The van der Waals surface area contributed by atoms with E-state index in [1.54, 1.807) is 0 Å². The lowest BCUT2D eigenvalue weighted by Crippen LogP contribution is -2.07. The Morgan fingerprint density at radius 1 is 1.47 bits per heavy atom. The second-order valence-electron chi connectivity index (χ2n) is 3.36. The van der Waals surface area contributed by atoms with Crippen LogP contribution in [0.15, 0.2) is 28.9 Å². The van der Waals surface area contributed by atoms with Gasteiger partial charge in [0.05, 0.1) is 0 Å². The van der Waals surface area contributed by atoms with Gasteiger partial charge in [-0.15, -0.1) is 0 Å². The lowest BCUT2D eigenvalue weighted by atomic mass is 10.1. The number of benzene rings is 1. The van der Waals surface area contributed by atoms with Crippen molar-refractivity contribution in [3.63, 3.8) is 0 Å². The topological polar surface area (TPSA) is 58.9 Å². The quantitative estimate of drug-likeness (QED) is 0.839. The van der Waals surface area contributed by atoms with Crippen molar-refractivity contribution in [3.8, 4) is 0 Å². The number of hydrogen-bond donors (Lipinski definition) is 2. The maximum atomic E-state index is 11.6. The third kappa shape index (κ3) is 1.96. The molecule has 0 aliphatic carbocycles. The molecule has 0 aliphatic rings. The molecule has 1 aromatic heterocycles. The van der Waals surface area contributed by atoms with Crippen molar-refractivity contribution in [3.05, 3.63) is 34.4 Å². The smallest absolute Gasteiger partial charge is 0.164 e. The zero-order chi connectivity index (χ0) is 10.8. The molecule has 1 heterocycles. The van der Waals surface area contributed by atoms with Gasteiger partial charge in [-0.2, -0.15) is 0 Å². The van der Waals surface area contributed by atoms with E-state index in [0.29, 0.717) is 18.5 Å². The molecule has 15 heavy (non-hydrogen) atoms. The summed E-state index contributed by atoms with van der Waals surface area (Å²) in [6, 6.07) is 5.62. The summed E-state index contributed by atoms with van der Waals surface area (Å²) in [7, 11) is 0. The van der Waals surface area contributed by atoms with E-state index in [9.17, 15) is 4.79 Å². The van der Waals surface area contributed by atoms with Crippen LogP contribution in [0.4, 0.5) is 0 Å². The van der Waals surface area contributed by atoms with Crippen LogP contribution in [0, 0.1) is 0 Å². The van der Waals surface area contributed by atoms with Gasteiger partial charge in [-0.05, 0) is 28.5 Å². The minimum atomic E-state index is 0.0881. The first-order chi connectivity index (χ1) is 7.22. The van der Waals surface area contributed by atoms with Crippen LogP contribution in [0.2, 0.25) is 0 Å². The molecule has 1 aromatic carbocycles. The second kappa shape index (κ2) is 4.16. The van der Waals surface area contributed by atoms with Crippen molar-refractivity contribution in [1.29, 1.82) is 0 Å². The summed E-state index contributed by atoms with van der Waals surface area (Å²) in [5, 5.41) is 1.08. The number of aromatic nitrogens is 1. The van der Waals surface area contributed by atoms with Crippen molar-refractivity contribution in [1.82, 2.24) is 4.98 Å². The largest absolute Gasteiger partial charge is 0.360 e. The first kappa shape index (κ1) is 10.4. The molecule has 2 aromatic rings. The minimum Gasteiger partial charge on any atom is -0.360 e. The van der Waals surface area contributed by atoms with Crippen LogP contribution in [0.1, 0.15) is 16.8 Å². The molecule has 0 fully saturated rings. The molecule has 0 aliphatic heterocycles. The number of nitrogens with two attached hydrogens (primary N) is 1. The zero-order valence-corrected chi connectivity index (χ0v) is 9.67. The van der Waals surface area contributed by atoms with E-state index in [-0.39, 0.29) is 5.78 Å². The molecule has 0 radical (unpaired) electrons. The van der Waals surface area contributed by atoms with E-state index in [2.05, 4.69) is 20.9 Å². The van der Waals surface area contributed by atoms with E-state index < -0.39 is 0 Å². The highest BCUT2D eigenvalue weighted by molar-refractivity contribution is 9.10. The summed E-state index contributed by atoms with van der Waals surface area (Å²) in [6.45, 7) is 0.394. The van der Waals surface area contributed by atoms with Gasteiger partial charge < -0.3 is 10.7 Å². The van der Waals surface area contributed by atoms with Gasteiger partial charge in [0.1, 0.15) is 0 Å². The number of H-pyrrole nitrogens is 1. The fourth-order valence-electron chi connectivity index (χ4n) is 1.54. The van der Waals surface area contributed by atoms with Gasteiger partial charge >= 0.3 is 0 Å². The van der Waals surface area contributed by atoms with Gasteiger partial charge in [0, 0.05) is 33.6 Å². The molecule has 0 unspecified atom stereocenters. The normalized spacial score (nSPS) is 10.8. The van der Waals surface area contributed by atoms with Crippen LogP contribution in [0.5, 0.6) is 0 Å². The number of hydrogen-bond acceptors (Lipinski definition) is 2. The fourth-order valence-corrected chi connectivity index (χ4v) is 2.00. The summed E-state index contributed by atoms with van der Waals surface area (Å²) < 4.78 is 1.01. The van der Waals surface area contributed by atoms with Gasteiger partial charge in [-0.3, -0.25) is 4.79 Å². The van der Waals surface area contributed by atoms with Crippen LogP contribution in [-0.4, -0.2) is 17.3 Å². The first-order valence-corrected chi connectivity index (χ1v) is 5.51. The van der Waals surface area contributed by atoms with Gasteiger partial charge in [-0.1, -0.05) is 12.1 Å². The molecule has 3 nitrogen and oxygen atoms in total. The zero-order valence-electron chi connectivity index (χ0n) is 8.09. The van der Waals surface area contributed by atoms with Crippen LogP contribution in [0.25, 0.3) is 10.9 Å². The number of carbonyl (C=O) groups excluding carboxylic acids is 1. The van der Waals surface area contributed by atoms with Crippen LogP contribution >= 0.6 is 15.9 Å². The maximum Gasteiger partial charge on any atom is 0.164 e. The fraction of sp³-hybridized carbons (Fsp3) is 0.182. The van der Waals surface area contributed by atoms with E-state index in [1.165, 1.54) is 0 Å². The molecule has 4 heteroatoms. The summed E-state index contributed by atoms with van der Waals surface area (Å²) in [5.41, 5.74) is 7.02. The molecular formula is C11H11BrN2O. The van der Waals surface area contributed by atoms with Gasteiger partial charge in [-0.25, -0.2) is 0 Å². The number of halogens is 1. The molecule has 0 spiro atoms. The summed E-state index contributed by atoms with van der Waals surface area (Å²) in [4.78, 5) is 14.7. The average Bonchev–Trinajstić information content (AvgIpc) is 2.60. The number of nitrogens with one attached hydrogen (secondary N) is 1. The Balaban J connectivity index is 2.43. The molecule has 0 saturated heterocycles. The summed E-state index contributed by atoms with van der Waals surface area (Å²) in [5.74, 6) is 0.0881. The highest BCUT2D eigenvalue weighted by atomic mass is 79.9. The number of fused-ring (bicyclic) bond motifs is 1. The highest BCUT2D eigenvalue weighted by Crippen LogP contribution is 2.24. The van der Waals surface area contributed by atoms with Crippen LogP contribution in [-0.2, 0) is 0 Å². The molecule has 0 saturated carbocycles. The monoisotopic (exact) mass is 266 g/mol. The molecule has 0 bridgehead atoms. The Labute approximate surface area is 95.8 Å². The SMILES string of the molecule is NCCC(=O)c1ccc2c(Br)c[nH]c2c1. The Morgan fingerprint density at radius 3 is 3.00 bits per heavy atom. The van der Waals surface area contributed by atoms with Crippen LogP contribution < -0.4 is 5.73 Å². The Bertz CT molecular complexity index is 504. The average molecular weight is 267 g/mol. The van der Waals surface area contributed by atoms with Crippen LogP contribution in [0.3, 0.4) is 0 Å². The molecule has 0 amide bonds. The van der Waals surface area contributed by atoms with E-state index in [1.807, 2.05) is 24.4 Å². The molecule has 3 N–H and O–H groups in total. The third-order valence-electron chi connectivity index (χ3n) is 2.32. The lowest BCUT2D eigenvalue weighted by Gasteiger charge is -1.99. The van der Waals surface area contributed by atoms with Gasteiger partial charge in [0.25, 0.3) is 0 Å². The number of rotatable bonds is 3. The number of aromatic amines is 1. The summed E-state index contributed by atoms with van der Waals surface area (Å²) >= 11 is 3.42. The Hall–Kier alpha value is -1.13. The first-order valence-electron chi connectivity index (χ1n) is 4.72. The number of ketones is 1. The van der Waals surface area contributed by atoms with Crippen molar-refractivity contribution in [2.24, 2.45) is 5.73 Å². The predicted octanol–water partition coefficient (Wildman–Crippen LogP) is 2.46. The van der Waals surface area contributed by atoms with E-state index in [4.69, 9.17) is 5.73 Å². The molecule has 2 rings (SSSR count). The third-order valence-corrected chi connectivity index (χ3v) is 2.98. The van der Waals surface area contributed by atoms with E-state index >= 15 is 0 Å². The van der Waals surface area contributed by atoms with Gasteiger partial charge in [0.15, 0.2) is 5.78 Å². The predicted molar refractivity (Wildman–Crippen MR) is 64.0 cm³/mol. The molecular weight excluding hydrogens is 256 g/mol. The Kier molecular flexibility index (Phi) is 2.88. The lowest BCUT2D eigenvalue weighted by molar-refractivity contribution is 0.0985. The van der Waals surface area contributed by atoms with Gasteiger partial charge in [0.2, 0.25) is 0 Å². The van der Waals surface area contributed by atoms with Crippen molar-refractivity contribution in [2.75, 3.05) is 6.54 Å². The highest BCUT2D eigenvalue weighted by Gasteiger charge is 2.07.